The van der Waals surface area contributed by atoms with Crippen molar-refractivity contribution in [1.82, 2.24) is 0 Å². The fourth-order valence-electron chi connectivity index (χ4n) is 10.8. The molecule has 12 rings (SSSR count). The molecule has 316 valence electrons. The Kier molecular flexibility index (Phi) is 8.56. The molecule has 2 aliphatic heterocycles. The van der Waals surface area contributed by atoms with Crippen LogP contribution in [0.5, 0.6) is 0 Å². The van der Waals surface area contributed by atoms with Crippen molar-refractivity contribution in [3.8, 4) is 33.4 Å². The quantitative estimate of drug-likeness (QED) is 0.165. The van der Waals surface area contributed by atoms with Gasteiger partial charge in [0.1, 0.15) is 16.7 Å². The Morgan fingerprint density at radius 3 is 1.78 bits per heavy atom. The standard InChI is InChI=1S/C60H51BN2O2/c1-36-17-16-18-37(2)53(36)39-33-47-54-49(32-30-44-43-21-12-14-23-51(43)64-57(44)54)63(42-28-25-40(26-29-42)59(3,4)5)61-55(47)50(34-39)62(58-56(61)45-22-13-15-24-52(45)65-58)48-31-27-41(60(6,7)8)35-46(48)38-19-10-9-11-20-38/h9-35H,1-8H3. The van der Waals surface area contributed by atoms with Gasteiger partial charge in [0, 0.05) is 49.8 Å². The van der Waals surface area contributed by atoms with Crippen LogP contribution in [0.1, 0.15) is 63.8 Å². The first-order valence-electron chi connectivity index (χ1n) is 23.0. The van der Waals surface area contributed by atoms with Crippen LogP contribution in [0.3, 0.4) is 0 Å². The van der Waals surface area contributed by atoms with E-state index in [0.717, 1.165) is 89.3 Å². The van der Waals surface area contributed by atoms with Crippen molar-refractivity contribution >= 4 is 79.3 Å². The van der Waals surface area contributed by atoms with Gasteiger partial charge in [0.25, 0.3) is 0 Å². The molecule has 4 nitrogen and oxygen atoms in total. The number of para-hydroxylation sites is 2. The lowest BCUT2D eigenvalue weighted by Crippen LogP contribution is -2.61. The number of nitrogens with zero attached hydrogens (tertiary/aromatic N) is 2. The molecule has 0 spiro atoms. The maximum atomic E-state index is 7.32. The molecule has 0 saturated carbocycles. The predicted molar refractivity (Wildman–Crippen MR) is 275 cm³/mol. The maximum absolute atomic E-state index is 7.32. The van der Waals surface area contributed by atoms with Gasteiger partial charge in [0.05, 0.1) is 5.69 Å². The van der Waals surface area contributed by atoms with Gasteiger partial charge in [-0.1, -0.05) is 145 Å². The molecule has 8 aromatic carbocycles. The highest BCUT2D eigenvalue weighted by Crippen LogP contribution is 2.53. The first-order valence-corrected chi connectivity index (χ1v) is 23.0. The fraction of sp³-hybridized carbons (Fsp3) is 0.167. The van der Waals surface area contributed by atoms with Gasteiger partial charge in [0.15, 0.2) is 0 Å². The molecule has 2 aromatic heterocycles. The Bertz CT molecular complexity index is 3530. The number of hydrogen-bond acceptors (Lipinski definition) is 4. The minimum Gasteiger partial charge on any atom is -0.455 e. The van der Waals surface area contributed by atoms with E-state index in [2.05, 4.69) is 229 Å². The summed E-state index contributed by atoms with van der Waals surface area (Å²) >= 11 is 0. The molecule has 0 saturated heterocycles. The van der Waals surface area contributed by atoms with E-state index >= 15 is 0 Å². The summed E-state index contributed by atoms with van der Waals surface area (Å²) in [6, 6.07) is 60.3. The summed E-state index contributed by atoms with van der Waals surface area (Å²) in [4.78, 5) is 5.01. The molecule has 0 aliphatic carbocycles. The second kappa shape index (κ2) is 14.1. The Labute approximate surface area is 381 Å². The zero-order valence-corrected chi connectivity index (χ0v) is 38.4. The second-order valence-electron chi connectivity index (χ2n) is 20.2. The van der Waals surface area contributed by atoms with Crippen LogP contribution in [0.25, 0.3) is 66.3 Å². The lowest BCUT2D eigenvalue weighted by molar-refractivity contribution is 0.590. The van der Waals surface area contributed by atoms with Gasteiger partial charge >= 0.3 is 6.85 Å². The lowest BCUT2D eigenvalue weighted by Gasteiger charge is -2.44. The summed E-state index contributed by atoms with van der Waals surface area (Å²) in [6.07, 6.45) is 0. The number of furan rings is 2. The number of fused-ring (bicyclic) bond motifs is 10. The third-order valence-electron chi connectivity index (χ3n) is 14.0. The number of hydrogen-bond donors (Lipinski definition) is 0. The Morgan fingerprint density at radius 2 is 1.08 bits per heavy atom. The topological polar surface area (TPSA) is 32.8 Å². The van der Waals surface area contributed by atoms with Crippen LogP contribution in [-0.4, -0.2) is 6.85 Å². The van der Waals surface area contributed by atoms with E-state index in [1.165, 1.54) is 38.8 Å². The highest BCUT2D eigenvalue weighted by Gasteiger charge is 2.49. The zero-order chi connectivity index (χ0) is 44.5. The number of benzene rings is 8. The molecule has 0 amide bonds. The summed E-state index contributed by atoms with van der Waals surface area (Å²) < 4.78 is 14.4. The molecule has 0 bridgehead atoms. The molecule has 4 heterocycles. The van der Waals surface area contributed by atoms with Gasteiger partial charge < -0.3 is 13.6 Å². The third kappa shape index (κ3) is 5.98. The van der Waals surface area contributed by atoms with Crippen LogP contribution in [0, 0.1) is 13.8 Å². The average molecular weight is 843 g/mol. The van der Waals surface area contributed by atoms with E-state index in [1.54, 1.807) is 0 Å². The Morgan fingerprint density at radius 1 is 0.446 bits per heavy atom. The van der Waals surface area contributed by atoms with Crippen molar-refractivity contribution in [1.29, 1.82) is 0 Å². The van der Waals surface area contributed by atoms with E-state index in [9.17, 15) is 0 Å². The molecule has 0 unspecified atom stereocenters. The molecule has 5 heteroatoms. The number of anilines is 5. The van der Waals surface area contributed by atoms with Crippen molar-refractivity contribution in [2.24, 2.45) is 0 Å². The molecule has 0 atom stereocenters. The van der Waals surface area contributed by atoms with Crippen molar-refractivity contribution in [3.05, 3.63) is 186 Å². The monoisotopic (exact) mass is 842 g/mol. The smallest absolute Gasteiger partial charge is 0.337 e. The van der Waals surface area contributed by atoms with Gasteiger partial charge in [-0.05, 0) is 135 Å². The SMILES string of the molecule is Cc1cccc(C)c1-c1cc2c3c(c1)N(c1ccc(C(C)(C)C)cc1-c1ccccc1)c1oc4ccccc4c1B3N(c1ccc(C(C)(C)C)cc1)c1ccc3c(oc4ccccc43)c1-2. The van der Waals surface area contributed by atoms with Gasteiger partial charge in [-0.2, -0.15) is 0 Å². The Hall–Kier alpha value is -7.24. The highest BCUT2D eigenvalue weighted by atomic mass is 16.4. The van der Waals surface area contributed by atoms with E-state index in [-0.39, 0.29) is 17.7 Å². The molecular formula is C60H51BN2O2. The van der Waals surface area contributed by atoms with Crippen LogP contribution >= 0.6 is 0 Å². The maximum Gasteiger partial charge on any atom is 0.337 e. The van der Waals surface area contributed by atoms with E-state index in [4.69, 9.17) is 8.83 Å². The van der Waals surface area contributed by atoms with E-state index in [1.807, 2.05) is 0 Å². The molecule has 2 aliphatic rings. The number of rotatable bonds is 4. The van der Waals surface area contributed by atoms with Crippen LogP contribution in [-0.2, 0) is 10.8 Å². The van der Waals surface area contributed by atoms with Gasteiger partial charge in [-0.15, -0.1) is 0 Å². The van der Waals surface area contributed by atoms with Gasteiger partial charge in [-0.25, -0.2) is 0 Å². The van der Waals surface area contributed by atoms with Gasteiger partial charge in [0.2, 0.25) is 5.88 Å². The van der Waals surface area contributed by atoms with E-state index in [0.29, 0.717) is 0 Å². The molecular weight excluding hydrogens is 791 g/mol. The summed E-state index contributed by atoms with van der Waals surface area (Å²) in [7, 11) is 0. The van der Waals surface area contributed by atoms with Crippen LogP contribution < -0.4 is 20.6 Å². The fourth-order valence-corrected chi connectivity index (χ4v) is 10.8. The summed E-state index contributed by atoms with van der Waals surface area (Å²) in [6.45, 7) is 18.0. The Balaban J connectivity index is 1.27. The lowest BCUT2D eigenvalue weighted by atomic mass is 9.43. The second-order valence-corrected chi connectivity index (χ2v) is 20.2. The molecule has 0 radical (unpaired) electrons. The summed E-state index contributed by atoms with van der Waals surface area (Å²) in [5.74, 6) is 0.832. The predicted octanol–water partition coefficient (Wildman–Crippen LogP) is 15.6. The molecule has 0 fully saturated rings. The summed E-state index contributed by atoms with van der Waals surface area (Å²) in [5.41, 5.74) is 21.3. The minimum absolute atomic E-state index is 0.000907. The first kappa shape index (κ1) is 39.4. The number of aryl methyl sites for hydroxylation is 2. The van der Waals surface area contributed by atoms with Crippen molar-refractivity contribution < 1.29 is 8.83 Å². The normalized spacial score (nSPS) is 13.4. The van der Waals surface area contributed by atoms with Crippen LogP contribution in [0.2, 0.25) is 0 Å². The minimum atomic E-state index is -0.245. The first-order chi connectivity index (χ1) is 31.3. The van der Waals surface area contributed by atoms with Crippen molar-refractivity contribution in [2.75, 3.05) is 9.71 Å². The van der Waals surface area contributed by atoms with E-state index < -0.39 is 0 Å². The largest absolute Gasteiger partial charge is 0.455 e. The molecule has 0 N–H and O–H groups in total. The molecule has 65 heavy (non-hydrogen) atoms. The van der Waals surface area contributed by atoms with Crippen LogP contribution in [0.15, 0.2) is 173 Å². The van der Waals surface area contributed by atoms with Crippen molar-refractivity contribution in [3.63, 3.8) is 0 Å². The third-order valence-corrected chi connectivity index (χ3v) is 14.0. The van der Waals surface area contributed by atoms with Crippen LogP contribution in [0.4, 0.5) is 28.6 Å². The summed E-state index contributed by atoms with van der Waals surface area (Å²) in [5, 5.41) is 3.33. The highest BCUT2D eigenvalue weighted by molar-refractivity contribution is 6.95. The average Bonchev–Trinajstić information content (AvgIpc) is 3.87. The van der Waals surface area contributed by atoms with Gasteiger partial charge in [-0.3, -0.25) is 4.90 Å². The van der Waals surface area contributed by atoms with Crippen molar-refractivity contribution in [2.45, 2.75) is 66.2 Å². The zero-order valence-electron chi connectivity index (χ0n) is 38.4. The molecule has 10 aromatic rings.